The van der Waals surface area contributed by atoms with E-state index in [1.165, 1.54) is 0 Å². The van der Waals surface area contributed by atoms with Crippen LogP contribution in [0.2, 0.25) is 0 Å². The van der Waals surface area contributed by atoms with Crippen LogP contribution in [0.15, 0.2) is 18.2 Å². The minimum Gasteiger partial charge on any atom is -0.258 e. The monoisotopic (exact) mass is 211 g/mol. The maximum atomic E-state index is 10.6. The van der Waals surface area contributed by atoms with Gasteiger partial charge in [0.15, 0.2) is 0 Å². The van der Waals surface area contributed by atoms with Gasteiger partial charge in [0.2, 0.25) is 0 Å². The second-order valence-corrected chi connectivity index (χ2v) is 3.65. The van der Waals surface area contributed by atoms with Crippen molar-refractivity contribution in [2.75, 3.05) is 5.75 Å². The summed E-state index contributed by atoms with van der Waals surface area (Å²) in [4.78, 5) is 10.3. The lowest BCUT2D eigenvalue weighted by Gasteiger charge is -2.01. The highest BCUT2D eigenvalue weighted by Crippen LogP contribution is 2.19. The number of hydrogen-bond donors (Lipinski definition) is 1. The minimum absolute atomic E-state index is 0.210. The number of thiol groups is 1. The molecule has 0 bridgehead atoms. The summed E-state index contributed by atoms with van der Waals surface area (Å²) < 4.78 is 0. The fourth-order valence-corrected chi connectivity index (χ4v) is 1.45. The van der Waals surface area contributed by atoms with Gasteiger partial charge in [0.1, 0.15) is 0 Å². The second kappa shape index (κ2) is 5.00. The van der Waals surface area contributed by atoms with E-state index in [2.05, 4.69) is 12.6 Å². The highest BCUT2D eigenvalue weighted by atomic mass is 32.1. The largest absolute Gasteiger partial charge is 0.272 e. The van der Waals surface area contributed by atoms with Crippen molar-refractivity contribution >= 4 is 18.3 Å². The van der Waals surface area contributed by atoms with Gasteiger partial charge >= 0.3 is 0 Å². The van der Waals surface area contributed by atoms with Crippen LogP contribution in [0.1, 0.15) is 17.5 Å². The maximum absolute atomic E-state index is 10.6. The van der Waals surface area contributed by atoms with E-state index in [-0.39, 0.29) is 10.6 Å². The van der Waals surface area contributed by atoms with Crippen LogP contribution in [0.25, 0.3) is 0 Å². The van der Waals surface area contributed by atoms with Crippen molar-refractivity contribution in [2.24, 2.45) is 0 Å². The first-order valence-corrected chi connectivity index (χ1v) is 5.13. The van der Waals surface area contributed by atoms with Crippen LogP contribution in [0.4, 0.5) is 5.69 Å². The first-order valence-electron chi connectivity index (χ1n) is 4.50. The number of hydrogen-bond acceptors (Lipinski definition) is 3. The Balaban J connectivity index is 2.89. The summed E-state index contributed by atoms with van der Waals surface area (Å²) in [5, 5.41) is 10.6. The molecular formula is C10H13NO2S. The van der Waals surface area contributed by atoms with Gasteiger partial charge in [-0.25, -0.2) is 0 Å². The van der Waals surface area contributed by atoms with Crippen LogP contribution < -0.4 is 0 Å². The molecule has 0 saturated carbocycles. The zero-order chi connectivity index (χ0) is 10.6. The van der Waals surface area contributed by atoms with E-state index in [0.29, 0.717) is 5.56 Å². The van der Waals surface area contributed by atoms with Gasteiger partial charge in [-0.3, -0.25) is 10.1 Å². The van der Waals surface area contributed by atoms with Crippen molar-refractivity contribution in [3.8, 4) is 0 Å². The molecular weight excluding hydrogens is 198 g/mol. The Morgan fingerprint density at radius 3 is 2.79 bits per heavy atom. The van der Waals surface area contributed by atoms with Gasteiger partial charge in [0.25, 0.3) is 5.69 Å². The number of rotatable bonds is 4. The molecule has 0 atom stereocenters. The van der Waals surface area contributed by atoms with Crippen LogP contribution in [0, 0.1) is 17.0 Å². The molecule has 0 aliphatic heterocycles. The van der Waals surface area contributed by atoms with Crippen molar-refractivity contribution in [1.29, 1.82) is 0 Å². The van der Waals surface area contributed by atoms with E-state index in [0.717, 1.165) is 24.2 Å². The Morgan fingerprint density at radius 1 is 1.50 bits per heavy atom. The van der Waals surface area contributed by atoms with Gasteiger partial charge in [0.05, 0.1) is 4.92 Å². The molecule has 3 nitrogen and oxygen atoms in total. The molecule has 0 radical (unpaired) electrons. The standard InChI is InChI=1S/C10H13NO2S/c1-8-4-5-9(3-2-6-14)7-10(8)11(12)13/h4-5,7,14H,2-3,6H2,1H3. The average Bonchev–Trinajstić information content (AvgIpc) is 2.16. The van der Waals surface area contributed by atoms with Crippen molar-refractivity contribution in [1.82, 2.24) is 0 Å². The Labute approximate surface area is 88.7 Å². The maximum Gasteiger partial charge on any atom is 0.272 e. The molecule has 0 aromatic heterocycles. The van der Waals surface area contributed by atoms with Gasteiger partial charge in [-0.1, -0.05) is 12.1 Å². The third-order valence-corrected chi connectivity index (χ3v) is 2.41. The first-order chi connectivity index (χ1) is 6.65. The van der Waals surface area contributed by atoms with E-state index in [1.807, 2.05) is 6.07 Å². The third-order valence-electron chi connectivity index (χ3n) is 2.09. The van der Waals surface area contributed by atoms with Crippen molar-refractivity contribution in [2.45, 2.75) is 19.8 Å². The second-order valence-electron chi connectivity index (χ2n) is 3.21. The molecule has 0 N–H and O–H groups in total. The lowest BCUT2D eigenvalue weighted by atomic mass is 10.1. The molecule has 0 fully saturated rings. The summed E-state index contributed by atoms with van der Waals surface area (Å²) >= 11 is 4.10. The van der Waals surface area contributed by atoms with E-state index < -0.39 is 0 Å². The topological polar surface area (TPSA) is 43.1 Å². The summed E-state index contributed by atoms with van der Waals surface area (Å²) in [6, 6.07) is 5.39. The van der Waals surface area contributed by atoms with E-state index in [9.17, 15) is 10.1 Å². The molecule has 0 amide bonds. The normalized spacial score (nSPS) is 10.1. The zero-order valence-corrected chi connectivity index (χ0v) is 8.96. The fraction of sp³-hybridized carbons (Fsp3) is 0.400. The number of nitro benzene ring substituents is 1. The molecule has 1 rings (SSSR count). The summed E-state index contributed by atoms with van der Waals surface area (Å²) in [5.74, 6) is 0.807. The first kappa shape index (κ1) is 11.0. The summed E-state index contributed by atoms with van der Waals surface area (Å²) in [5.41, 5.74) is 1.93. The molecule has 76 valence electrons. The Hall–Kier alpha value is -1.03. The van der Waals surface area contributed by atoms with Crippen LogP contribution in [0.5, 0.6) is 0 Å². The van der Waals surface area contributed by atoms with Gasteiger partial charge in [0, 0.05) is 11.6 Å². The van der Waals surface area contributed by atoms with Crippen LogP contribution in [0.3, 0.4) is 0 Å². The number of benzene rings is 1. The molecule has 0 heterocycles. The van der Waals surface area contributed by atoms with Gasteiger partial charge in [-0.05, 0) is 31.1 Å². The number of nitro groups is 1. The van der Waals surface area contributed by atoms with Crippen molar-refractivity contribution < 1.29 is 4.92 Å². The Morgan fingerprint density at radius 2 is 2.21 bits per heavy atom. The smallest absolute Gasteiger partial charge is 0.258 e. The number of nitrogens with zero attached hydrogens (tertiary/aromatic N) is 1. The third kappa shape index (κ3) is 2.73. The average molecular weight is 211 g/mol. The van der Waals surface area contributed by atoms with Gasteiger partial charge in [-0.15, -0.1) is 0 Å². The van der Waals surface area contributed by atoms with Gasteiger partial charge in [-0.2, -0.15) is 12.6 Å². The highest BCUT2D eigenvalue weighted by molar-refractivity contribution is 7.80. The molecule has 0 spiro atoms. The van der Waals surface area contributed by atoms with Crippen molar-refractivity contribution in [3.05, 3.63) is 39.4 Å². The molecule has 0 unspecified atom stereocenters. The van der Waals surface area contributed by atoms with E-state index in [4.69, 9.17) is 0 Å². The minimum atomic E-state index is -0.334. The van der Waals surface area contributed by atoms with Crippen LogP contribution in [-0.4, -0.2) is 10.7 Å². The van der Waals surface area contributed by atoms with Crippen LogP contribution in [-0.2, 0) is 6.42 Å². The van der Waals surface area contributed by atoms with E-state index in [1.54, 1.807) is 19.1 Å². The summed E-state index contributed by atoms with van der Waals surface area (Å²) in [6.45, 7) is 1.75. The lowest BCUT2D eigenvalue weighted by molar-refractivity contribution is -0.385. The lowest BCUT2D eigenvalue weighted by Crippen LogP contribution is -1.94. The SMILES string of the molecule is Cc1ccc(CCCS)cc1[N+](=O)[O-]. The predicted octanol–water partition coefficient (Wildman–Crippen LogP) is 2.77. The fourth-order valence-electron chi connectivity index (χ4n) is 1.29. The highest BCUT2D eigenvalue weighted by Gasteiger charge is 2.10. The van der Waals surface area contributed by atoms with E-state index >= 15 is 0 Å². The molecule has 0 aliphatic carbocycles. The summed E-state index contributed by atoms with van der Waals surface area (Å²) in [7, 11) is 0. The number of aryl methyl sites for hydroxylation is 2. The molecule has 0 aliphatic rings. The molecule has 14 heavy (non-hydrogen) atoms. The Kier molecular flexibility index (Phi) is 3.95. The quantitative estimate of drug-likeness (QED) is 0.473. The van der Waals surface area contributed by atoms with Crippen molar-refractivity contribution in [3.63, 3.8) is 0 Å². The molecule has 4 heteroatoms. The summed E-state index contributed by atoms with van der Waals surface area (Å²) in [6.07, 6.45) is 1.80. The Bertz CT molecular complexity index is 339. The molecule has 0 saturated heterocycles. The van der Waals surface area contributed by atoms with Gasteiger partial charge < -0.3 is 0 Å². The predicted molar refractivity (Wildman–Crippen MR) is 60.0 cm³/mol. The molecule has 1 aromatic carbocycles. The van der Waals surface area contributed by atoms with Crippen LogP contribution >= 0.6 is 12.6 Å². The zero-order valence-electron chi connectivity index (χ0n) is 8.06. The molecule has 1 aromatic rings.